The normalized spacial score (nSPS) is 33.1. The van der Waals surface area contributed by atoms with Crippen molar-refractivity contribution in [1.29, 1.82) is 0 Å². The zero-order valence-corrected chi connectivity index (χ0v) is 18.5. The molecular weight excluding hydrogens is 352 g/mol. The van der Waals surface area contributed by atoms with Crippen LogP contribution in [-0.4, -0.2) is 24.1 Å². The number of carbonyl (C=O) groups is 2. The molecule has 2 saturated carbocycles. The molecule has 0 radical (unpaired) electrons. The largest absolute Gasteiger partial charge is 0.452 e. The van der Waals surface area contributed by atoms with Gasteiger partial charge >= 0.3 is 11.9 Å². The second kappa shape index (κ2) is 10.3. The third-order valence-electron chi connectivity index (χ3n) is 6.71. The van der Waals surface area contributed by atoms with Crippen LogP contribution in [0.25, 0.3) is 0 Å². The van der Waals surface area contributed by atoms with Crippen LogP contribution in [0.1, 0.15) is 80.1 Å². The summed E-state index contributed by atoms with van der Waals surface area (Å²) in [4.78, 5) is 24.4. The van der Waals surface area contributed by atoms with Gasteiger partial charge in [0.25, 0.3) is 0 Å². The van der Waals surface area contributed by atoms with Gasteiger partial charge in [-0.1, -0.05) is 54.4 Å². The van der Waals surface area contributed by atoms with Crippen LogP contribution >= 0.6 is 0 Å². The Hall–Kier alpha value is -1.50. The molecule has 2 rings (SSSR count). The average Bonchev–Trinajstić information content (AvgIpc) is 2.59. The van der Waals surface area contributed by atoms with Crippen molar-refractivity contribution < 1.29 is 19.1 Å². The summed E-state index contributed by atoms with van der Waals surface area (Å²) in [6.45, 7) is 13.1. The standard InChI is InChI=1S/C24H38O4/c1-15(2)19-9-7-17(5)13-21(19)27-23(25)11-12-24(26)28-22-14-18(6)8-10-20(22)16(3)4/h15-22H,7-10,13-14H2,1-6H3/t17-,18+,19-,20+,21-,22-/m1/s1. The van der Waals surface area contributed by atoms with Gasteiger partial charge in [0, 0.05) is 11.8 Å². The fourth-order valence-corrected chi connectivity index (χ4v) is 4.94. The molecule has 158 valence electrons. The predicted octanol–water partition coefficient (Wildman–Crippen LogP) is 5.00. The molecule has 0 aromatic rings. The third-order valence-corrected chi connectivity index (χ3v) is 6.71. The molecule has 0 aromatic heterocycles. The van der Waals surface area contributed by atoms with E-state index in [2.05, 4.69) is 53.4 Å². The highest BCUT2D eigenvalue weighted by atomic mass is 16.5. The van der Waals surface area contributed by atoms with E-state index >= 15 is 0 Å². The zero-order chi connectivity index (χ0) is 20.8. The van der Waals surface area contributed by atoms with Crippen molar-refractivity contribution >= 4 is 11.9 Å². The number of hydrogen-bond donors (Lipinski definition) is 0. The molecule has 0 bridgehead atoms. The first kappa shape index (κ1) is 22.8. The Labute approximate surface area is 171 Å². The molecular formula is C24H38O4. The molecule has 28 heavy (non-hydrogen) atoms. The van der Waals surface area contributed by atoms with Crippen LogP contribution in [0.2, 0.25) is 0 Å². The molecule has 0 aliphatic heterocycles. The number of carbonyl (C=O) groups excluding carboxylic acids is 2. The Kier molecular flexibility index (Phi) is 8.40. The number of hydrogen-bond acceptors (Lipinski definition) is 4. The minimum atomic E-state index is -0.612. The minimum Gasteiger partial charge on any atom is -0.452 e. The monoisotopic (exact) mass is 390 g/mol. The maximum Gasteiger partial charge on any atom is 0.385 e. The van der Waals surface area contributed by atoms with E-state index < -0.39 is 11.9 Å². The topological polar surface area (TPSA) is 52.6 Å². The molecule has 0 aromatic carbocycles. The molecule has 0 spiro atoms. The Morgan fingerprint density at radius 1 is 0.714 bits per heavy atom. The lowest BCUT2D eigenvalue weighted by Crippen LogP contribution is -2.36. The van der Waals surface area contributed by atoms with E-state index in [4.69, 9.17) is 9.47 Å². The summed E-state index contributed by atoms with van der Waals surface area (Å²) in [6, 6.07) is 0. The fourth-order valence-electron chi connectivity index (χ4n) is 4.94. The summed E-state index contributed by atoms with van der Waals surface area (Å²) in [5.74, 6) is 6.25. The van der Waals surface area contributed by atoms with Gasteiger partial charge in [-0.25, -0.2) is 9.59 Å². The van der Waals surface area contributed by atoms with E-state index in [1.54, 1.807) is 0 Å². The SMILES string of the molecule is CC(C)[C@H]1CC[C@@H](C)C[C@H]1OC(=O)C#CC(=O)O[C@@H]1C[C@@H](C)CC[C@H]1C(C)C. The molecule has 4 heteroatoms. The second-order valence-electron chi connectivity index (χ2n) is 9.79. The second-order valence-corrected chi connectivity index (χ2v) is 9.79. The zero-order valence-electron chi connectivity index (χ0n) is 18.5. The molecule has 0 N–H and O–H groups in total. The van der Waals surface area contributed by atoms with Crippen molar-refractivity contribution in [3.05, 3.63) is 0 Å². The van der Waals surface area contributed by atoms with Crippen molar-refractivity contribution in [2.45, 2.75) is 92.3 Å². The number of ether oxygens (including phenoxy) is 2. The van der Waals surface area contributed by atoms with Gasteiger partial charge in [0.15, 0.2) is 0 Å². The minimum absolute atomic E-state index is 0.105. The van der Waals surface area contributed by atoms with Crippen molar-refractivity contribution in [1.82, 2.24) is 0 Å². The Morgan fingerprint density at radius 2 is 1.07 bits per heavy atom. The molecule has 2 aliphatic rings. The quantitative estimate of drug-likeness (QED) is 0.385. The summed E-state index contributed by atoms with van der Waals surface area (Å²) in [6.07, 6.45) is 6.02. The molecule has 0 unspecified atom stereocenters. The summed E-state index contributed by atoms with van der Waals surface area (Å²) in [7, 11) is 0. The van der Waals surface area contributed by atoms with Gasteiger partial charge in [-0.05, 0) is 61.2 Å². The maximum atomic E-state index is 12.2. The van der Waals surface area contributed by atoms with Gasteiger partial charge in [-0.2, -0.15) is 0 Å². The first-order valence-corrected chi connectivity index (χ1v) is 11.1. The van der Waals surface area contributed by atoms with Crippen LogP contribution in [0.15, 0.2) is 0 Å². The molecule has 0 amide bonds. The summed E-state index contributed by atoms with van der Waals surface area (Å²) < 4.78 is 11.3. The van der Waals surface area contributed by atoms with Crippen LogP contribution < -0.4 is 0 Å². The van der Waals surface area contributed by atoms with E-state index in [1.807, 2.05) is 0 Å². The summed E-state index contributed by atoms with van der Waals surface area (Å²) in [5, 5.41) is 0. The Morgan fingerprint density at radius 3 is 1.39 bits per heavy atom. The fraction of sp³-hybridized carbons (Fsp3) is 0.833. The molecule has 0 heterocycles. The summed E-state index contributed by atoms with van der Waals surface area (Å²) in [5.41, 5.74) is 0. The average molecular weight is 391 g/mol. The van der Waals surface area contributed by atoms with E-state index in [9.17, 15) is 9.59 Å². The van der Waals surface area contributed by atoms with Crippen LogP contribution in [0.4, 0.5) is 0 Å². The Bertz CT molecular complexity index is 547. The van der Waals surface area contributed by atoms with Crippen molar-refractivity contribution in [2.75, 3.05) is 0 Å². The molecule has 4 nitrogen and oxygen atoms in total. The van der Waals surface area contributed by atoms with Gasteiger partial charge in [0.1, 0.15) is 12.2 Å². The predicted molar refractivity (Wildman–Crippen MR) is 110 cm³/mol. The van der Waals surface area contributed by atoms with E-state index in [-0.39, 0.29) is 12.2 Å². The van der Waals surface area contributed by atoms with Crippen LogP contribution in [0, 0.1) is 47.3 Å². The highest BCUT2D eigenvalue weighted by molar-refractivity contribution is 5.98. The highest BCUT2D eigenvalue weighted by Gasteiger charge is 2.34. The lowest BCUT2D eigenvalue weighted by molar-refractivity contribution is -0.150. The smallest absolute Gasteiger partial charge is 0.385 e. The number of esters is 2. The molecule has 2 aliphatic carbocycles. The van der Waals surface area contributed by atoms with E-state index in [0.29, 0.717) is 35.5 Å². The molecule has 2 fully saturated rings. The third kappa shape index (κ3) is 6.54. The van der Waals surface area contributed by atoms with Crippen LogP contribution in [0.5, 0.6) is 0 Å². The highest BCUT2D eigenvalue weighted by Crippen LogP contribution is 2.36. The molecule has 6 atom stereocenters. The van der Waals surface area contributed by atoms with Crippen molar-refractivity contribution in [2.24, 2.45) is 35.5 Å². The van der Waals surface area contributed by atoms with Crippen molar-refractivity contribution in [3.63, 3.8) is 0 Å². The van der Waals surface area contributed by atoms with Crippen molar-refractivity contribution in [3.8, 4) is 11.8 Å². The van der Waals surface area contributed by atoms with Gasteiger partial charge in [-0.15, -0.1) is 0 Å². The van der Waals surface area contributed by atoms with E-state index in [0.717, 1.165) is 25.7 Å². The van der Waals surface area contributed by atoms with Crippen LogP contribution in [-0.2, 0) is 19.1 Å². The van der Waals surface area contributed by atoms with Gasteiger partial charge < -0.3 is 9.47 Å². The molecule has 0 saturated heterocycles. The van der Waals surface area contributed by atoms with Crippen LogP contribution in [0.3, 0.4) is 0 Å². The Balaban J connectivity index is 1.92. The maximum absolute atomic E-state index is 12.2. The summed E-state index contributed by atoms with van der Waals surface area (Å²) >= 11 is 0. The first-order valence-electron chi connectivity index (χ1n) is 11.1. The number of rotatable bonds is 4. The van der Waals surface area contributed by atoms with Gasteiger partial charge in [0.05, 0.1) is 0 Å². The van der Waals surface area contributed by atoms with E-state index in [1.165, 1.54) is 12.8 Å². The lowest BCUT2D eigenvalue weighted by atomic mass is 9.75. The van der Waals surface area contributed by atoms with Gasteiger partial charge in [-0.3, -0.25) is 0 Å². The lowest BCUT2D eigenvalue weighted by Gasteiger charge is -2.36. The first-order chi connectivity index (χ1) is 13.2. The van der Waals surface area contributed by atoms with Gasteiger partial charge in [0.2, 0.25) is 0 Å².